The second-order valence-corrected chi connectivity index (χ2v) is 3.74. The predicted octanol–water partition coefficient (Wildman–Crippen LogP) is 1.71. The van der Waals surface area contributed by atoms with Gasteiger partial charge in [-0.05, 0) is 24.6 Å². The van der Waals surface area contributed by atoms with E-state index in [-0.39, 0.29) is 0 Å². The lowest BCUT2D eigenvalue weighted by Crippen LogP contribution is -2.43. The molecule has 0 bridgehead atoms. The van der Waals surface area contributed by atoms with Crippen molar-refractivity contribution in [2.45, 2.75) is 12.8 Å². The minimum Gasteiger partial charge on any atom is -0.332 e. The Morgan fingerprint density at radius 2 is 2.18 bits per heavy atom. The molecule has 0 spiro atoms. The molecule has 1 aromatic rings. The van der Waals surface area contributed by atoms with E-state index in [4.69, 9.17) is 5.73 Å². The summed E-state index contributed by atoms with van der Waals surface area (Å²) in [5.41, 5.74) is 6.37. The van der Waals surface area contributed by atoms with Crippen LogP contribution in [0.25, 0.3) is 0 Å². The molecule has 0 fully saturated rings. The van der Waals surface area contributed by atoms with Gasteiger partial charge in [0.2, 0.25) is 0 Å². The Hall–Kier alpha value is -1.69. The lowest BCUT2D eigenvalue weighted by Gasteiger charge is -2.15. The maximum absolute atomic E-state index is 12.7. The number of rotatable bonds is 4. The van der Waals surface area contributed by atoms with E-state index in [1.807, 2.05) is 13.0 Å². The highest BCUT2D eigenvalue weighted by Crippen LogP contribution is 2.10. The SMILES string of the molecule is Cc1cccc(NC(=O)NCC(F)(F)CN)c1. The predicted molar refractivity (Wildman–Crippen MR) is 62.2 cm³/mol. The van der Waals surface area contributed by atoms with Crippen LogP contribution in [0.2, 0.25) is 0 Å². The Morgan fingerprint density at radius 3 is 2.76 bits per heavy atom. The van der Waals surface area contributed by atoms with Gasteiger partial charge in [0.15, 0.2) is 0 Å². The monoisotopic (exact) mass is 243 g/mol. The Labute approximate surface area is 98.2 Å². The summed E-state index contributed by atoms with van der Waals surface area (Å²) >= 11 is 0. The number of alkyl halides is 2. The fourth-order valence-corrected chi connectivity index (χ4v) is 1.18. The maximum Gasteiger partial charge on any atom is 0.319 e. The third-order valence-corrected chi connectivity index (χ3v) is 2.08. The zero-order chi connectivity index (χ0) is 12.9. The van der Waals surface area contributed by atoms with Gasteiger partial charge in [-0.2, -0.15) is 0 Å². The molecule has 0 atom stereocenters. The first kappa shape index (κ1) is 13.4. The lowest BCUT2D eigenvalue weighted by atomic mass is 10.2. The molecule has 0 heterocycles. The van der Waals surface area contributed by atoms with E-state index in [9.17, 15) is 13.6 Å². The zero-order valence-corrected chi connectivity index (χ0v) is 9.47. The molecular weight excluding hydrogens is 228 g/mol. The van der Waals surface area contributed by atoms with Crippen molar-refractivity contribution < 1.29 is 13.6 Å². The van der Waals surface area contributed by atoms with Crippen LogP contribution in [-0.2, 0) is 0 Å². The van der Waals surface area contributed by atoms with Gasteiger partial charge in [-0.1, -0.05) is 12.1 Å². The number of aryl methyl sites for hydroxylation is 1. The number of halogens is 2. The van der Waals surface area contributed by atoms with Crippen LogP contribution in [0.1, 0.15) is 5.56 Å². The van der Waals surface area contributed by atoms with E-state index in [1.54, 1.807) is 18.2 Å². The first-order valence-electron chi connectivity index (χ1n) is 5.12. The van der Waals surface area contributed by atoms with Crippen LogP contribution in [0.3, 0.4) is 0 Å². The number of hydrogen-bond donors (Lipinski definition) is 3. The molecule has 2 amide bonds. The molecule has 0 aliphatic carbocycles. The lowest BCUT2D eigenvalue weighted by molar-refractivity contribution is 0.0148. The van der Waals surface area contributed by atoms with Crippen molar-refractivity contribution in [2.75, 3.05) is 18.4 Å². The normalized spacial score (nSPS) is 11.1. The van der Waals surface area contributed by atoms with Crippen LogP contribution in [0, 0.1) is 6.92 Å². The Morgan fingerprint density at radius 1 is 1.47 bits per heavy atom. The summed E-state index contributed by atoms with van der Waals surface area (Å²) in [4.78, 5) is 11.3. The van der Waals surface area contributed by atoms with Gasteiger partial charge in [-0.3, -0.25) is 0 Å². The molecule has 94 valence electrons. The molecule has 6 heteroatoms. The highest BCUT2D eigenvalue weighted by molar-refractivity contribution is 5.89. The molecule has 0 aliphatic rings. The topological polar surface area (TPSA) is 67.2 Å². The second-order valence-electron chi connectivity index (χ2n) is 3.74. The van der Waals surface area contributed by atoms with Crippen molar-refractivity contribution in [3.05, 3.63) is 29.8 Å². The van der Waals surface area contributed by atoms with E-state index in [2.05, 4.69) is 10.6 Å². The van der Waals surface area contributed by atoms with Crippen molar-refractivity contribution in [3.8, 4) is 0 Å². The van der Waals surface area contributed by atoms with Crippen LogP contribution < -0.4 is 16.4 Å². The number of anilines is 1. The molecule has 1 rings (SSSR count). The summed E-state index contributed by atoms with van der Waals surface area (Å²) in [6, 6.07) is 6.36. The largest absolute Gasteiger partial charge is 0.332 e. The first-order valence-corrected chi connectivity index (χ1v) is 5.12. The average Bonchev–Trinajstić information content (AvgIpc) is 2.27. The van der Waals surface area contributed by atoms with Gasteiger partial charge in [0.05, 0.1) is 13.1 Å². The highest BCUT2D eigenvalue weighted by Gasteiger charge is 2.27. The quantitative estimate of drug-likeness (QED) is 0.753. The van der Waals surface area contributed by atoms with Crippen LogP contribution in [0.15, 0.2) is 24.3 Å². The number of amides is 2. The zero-order valence-electron chi connectivity index (χ0n) is 9.47. The summed E-state index contributed by atoms with van der Waals surface area (Å²) in [5.74, 6) is -3.08. The number of nitrogens with two attached hydrogens (primary N) is 1. The molecular formula is C11H15F2N3O. The second kappa shape index (κ2) is 5.58. The summed E-state index contributed by atoms with van der Waals surface area (Å²) in [6.45, 7) is 0.296. The fraction of sp³-hybridized carbons (Fsp3) is 0.364. The third kappa shape index (κ3) is 4.78. The molecule has 0 saturated carbocycles. The molecule has 0 unspecified atom stereocenters. The van der Waals surface area contributed by atoms with Crippen LogP contribution in [-0.4, -0.2) is 25.0 Å². The standard InChI is InChI=1S/C11H15F2N3O/c1-8-3-2-4-9(5-8)16-10(17)15-7-11(12,13)6-14/h2-5H,6-7,14H2,1H3,(H2,15,16,17). The Bertz CT molecular complexity index is 396. The average molecular weight is 243 g/mol. The van der Waals surface area contributed by atoms with E-state index in [1.165, 1.54) is 0 Å². The molecule has 1 aromatic carbocycles. The number of carbonyl (C=O) groups excluding carboxylic acids is 1. The smallest absolute Gasteiger partial charge is 0.319 e. The molecule has 0 saturated heterocycles. The fourth-order valence-electron chi connectivity index (χ4n) is 1.18. The van der Waals surface area contributed by atoms with Gasteiger partial charge in [0.1, 0.15) is 0 Å². The van der Waals surface area contributed by atoms with Crippen molar-refractivity contribution in [1.29, 1.82) is 0 Å². The molecule has 17 heavy (non-hydrogen) atoms. The minimum atomic E-state index is -3.08. The summed E-state index contributed by atoms with van der Waals surface area (Å²) in [7, 11) is 0. The number of nitrogens with one attached hydrogen (secondary N) is 2. The molecule has 0 radical (unpaired) electrons. The molecule has 0 aliphatic heterocycles. The van der Waals surface area contributed by atoms with Crippen molar-refractivity contribution in [3.63, 3.8) is 0 Å². The van der Waals surface area contributed by atoms with Crippen LogP contribution in [0.5, 0.6) is 0 Å². The van der Waals surface area contributed by atoms with E-state index >= 15 is 0 Å². The maximum atomic E-state index is 12.7. The van der Waals surface area contributed by atoms with Crippen molar-refractivity contribution in [1.82, 2.24) is 5.32 Å². The van der Waals surface area contributed by atoms with Gasteiger partial charge in [0, 0.05) is 5.69 Å². The first-order chi connectivity index (χ1) is 7.93. The minimum absolute atomic E-state index is 0.554. The van der Waals surface area contributed by atoms with Gasteiger partial charge in [-0.15, -0.1) is 0 Å². The van der Waals surface area contributed by atoms with Crippen LogP contribution in [0.4, 0.5) is 19.3 Å². The summed E-state index contributed by atoms with van der Waals surface area (Å²) < 4.78 is 25.5. The van der Waals surface area contributed by atoms with Gasteiger partial charge in [0.25, 0.3) is 5.92 Å². The van der Waals surface area contributed by atoms with E-state index in [0.29, 0.717) is 5.69 Å². The molecule has 4 N–H and O–H groups in total. The summed E-state index contributed by atoms with van der Waals surface area (Å²) in [6.07, 6.45) is 0. The van der Waals surface area contributed by atoms with Crippen molar-refractivity contribution in [2.24, 2.45) is 5.73 Å². The number of hydrogen-bond acceptors (Lipinski definition) is 2. The van der Waals surface area contributed by atoms with Gasteiger partial charge < -0.3 is 16.4 Å². The van der Waals surface area contributed by atoms with Gasteiger partial charge in [-0.25, -0.2) is 13.6 Å². The number of benzene rings is 1. The van der Waals surface area contributed by atoms with E-state index < -0.39 is 25.0 Å². The summed E-state index contributed by atoms with van der Waals surface area (Å²) in [5, 5.41) is 4.52. The molecule has 4 nitrogen and oxygen atoms in total. The van der Waals surface area contributed by atoms with Crippen molar-refractivity contribution >= 4 is 11.7 Å². The third-order valence-electron chi connectivity index (χ3n) is 2.08. The number of urea groups is 1. The van der Waals surface area contributed by atoms with Gasteiger partial charge >= 0.3 is 6.03 Å². The van der Waals surface area contributed by atoms with Crippen LogP contribution >= 0.6 is 0 Å². The Kier molecular flexibility index (Phi) is 4.39. The highest BCUT2D eigenvalue weighted by atomic mass is 19.3. The van der Waals surface area contributed by atoms with E-state index in [0.717, 1.165) is 5.56 Å². The number of carbonyl (C=O) groups is 1. The Balaban J connectivity index is 2.45. The molecule has 0 aromatic heterocycles.